The van der Waals surface area contributed by atoms with Crippen LogP contribution in [0.4, 0.5) is 4.39 Å². The van der Waals surface area contributed by atoms with Crippen LogP contribution < -0.4 is 0 Å². The zero-order chi connectivity index (χ0) is 21.9. The molecule has 0 aliphatic carbocycles. The van der Waals surface area contributed by atoms with E-state index in [9.17, 15) is 17.6 Å². The van der Waals surface area contributed by atoms with Crippen LogP contribution >= 0.6 is 0 Å². The van der Waals surface area contributed by atoms with Gasteiger partial charge in [-0.05, 0) is 69.0 Å². The molecule has 0 spiro atoms. The first-order valence-electron chi connectivity index (χ1n) is 9.96. The highest BCUT2D eigenvalue weighted by Gasteiger charge is 2.31. The van der Waals surface area contributed by atoms with Crippen molar-refractivity contribution in [3.8, 4) is 0 Å². The zero-order valence-electron chi connectivity index (χ0n) is 17.4. The molecule has 1 N–H and O–H groups in total. The van der Waals surface area contributed by atoms with E-state index < -0.39 is 21.8 Å². The van der Waals surface area contributed by atoms with Gasteiger partial charge in [-0.2, -0.15) is 4.31 Å². The number of carbonyl (C=O) groups excluding carboxylic acids is 1. The summed E-state index contributed by atoms with van der Waals surface area (Å²) in [6.07, 6.45) is 1.45. The Morgan fingerprint density at radius 3 is 2.60 bits per heavy atom. The summed E-state index contributed by atoms with van der Waals surface area (Å²) in [5, 5.41) is 0. The molecular weight excluding hydrogens is 411 g/mol. The molecular formula is C21H27FN2O5S. The molecule has 0 radical (unpaired) electrons. The number of halogens is 1. The molecule has 164 valence electrons. The molecule has 0 unspecified atom stereocenters. The quantitative estimate of drug-likeness (QED) is 0.639. The molecule has 0 bridgehead atoms. The van der Waals surface area contributed by atoms with Gasteiger partial charge in [0.2, 0.25) is 10.0 Å². The number of H-pyrrole nitrogens is 1. The number of carbonyl (C=O) groups is 1. The minimum Gasteiger partial charge on any atom is -0.461 e. The lowest BCUT2D eigenvalue weighted by molar-refractivity contribution is 0.0519. The minimum absolute atomic E-state index is 0.0124. The van der Waals surface area contributed by atoms with Crippen LogP contribution in [-0.4, -0.2) is 49.5 Å². The highest BCUT2D eigenvalue weighted by molar-refractivity contribution is 7.89. The Morgan fingerprint density at radius 2 is 2.00 bits per heavy atom. The Balaban J connectivity index is 1.95. The predicted molar refractivity (Wildman–Crippen MR) is 109 cm³/mol. The first-order chi connectivity index (χ1) is 14.2. The number of ether oxygens (including phenoxy) is 2. The van der Waals surface area contributed by atoms with Crippen LogP contribution in [0, 0.1) is 19.7 Å². The Kier molecular flexibility index (Phi) is 6.95. The monoisotopic (exact) mass is 438 g/mol. The van der Waals surface area contributed by atoms with Crippen molar-refractivity contribution in [1.82, 2.24) is 9.29 Å². The van der Waals surface area contributed by atoms with Crippen molar-refractivity contribution in [2.75, 3.05) is 19.8 Å². The molecule has 1 aliphatic heterocycles. The van der Waals surface area contributed by atoms with E-state index in [0.29, 0.717) is 29.1 Å². The van der Waals surface area contributed by atoms with Gasteiger partial charge >= 0.3 is 5.97 Å². The van der Waals surface area contributed by atoms with Gasteiger partial charge in [-0.15, -0.1) is 0 Å². The third-order valence-electron chi connectivity index (χ3n) is 5.29. The van der Waals surface area contributed by atoms with E-state index in [-0.39, 0.29) is 30.7 Å². The number of hydrogen-bond donors (Lipinski definition) is 1. The minimum atomic E-state index is -3.90. The second kappa shape index (κ2) is 9.28. The number of sulfonamides is 1. The van der Waals surface area contributed by atoms with Crippen molar-refractivity contribution in [1.29, 1.82) is 0 Å². The molecule has 1 aliphatic rings. The van der Waals surface area contributed by atoms with Gasteiger partial charge in [0.1, 0.15) is 11.5 Å². The largest absolute Gasteiger partial charge is 0.461 e. The molecule has 2 aromatic rings. The summed E-state index contributed by atoms with van der Waals surface area (Å²) in [7, 11) is -3.90. The van der Waals surface area contributed by atoms with Crippen LogP contribution in [-0.2, 0) is 26.0 Å². The van der Waals surface area contributed by atoms with Gasteiger partial charge in [0, 0.05) is 25.4 Å². The van der Waals surface area contributed by atoms with Gasteiger partial charge in [0.15, 0.2) is 0 Å². The Labute approximate surface area is 176 Å². The molecule has 2 heterocycles. The Hall–Kier alpha value is -2.23. The molecule has 1 aromatic heterocycles. The number of benzene rings is 1. The van der Waals surface area contributed by atoms with Crippen LogP contribution in [0.25, 0.3) is 0 Å². The van der Waals surface area contributed by atoms with E-state index in [4.69, 9.17) is 9.47 Å². The van der Waals surface area contributed by atoms with Gasteiger partial charge in [-0.25, -0.2) is 17.6 Å². The summed E-state index contributed by atoms with van der Waals surface area (Å²) in [5.74, 6) is -0.979. The molecule has 3 rings (SSSR count). The van der Waals surface area contributed by atoms with E-state index in [2.05, 4.69) is 4.98 Å². The maximum atomic E-state index is 13.3. The SMILES string of the molecule is CCOC(=O)c1[nH]c(C)c(CN(C[C@H]2CCCO2)S(=O)(=O)c2ccc(F)cc2)c1C. The van der Waals surface area contributed by atoms with Crippen LogP contribution in [0.15, 0.2) is 29.2 Å². The lowest BCUT2D eigenvalue weighted by atomic mass is 10.1. The second-order valence-corrected chi connectivity index (χ2v) is 9.27. The highest BCUT2D eigenvalue weighted by atomic mass is 32.2. The van der Waals surface area contributed by atoms with Crippen molar-refractivity contribution in [2.24, 2.45) is 0 Å². The van der Waals surface area contributed by atoms with E-state index in [1.807, 2.05) is 0 Å². The number of esters is 1. The summed E-state index contributed by atoms with van der Waals surface area (Å²) in [6.45, 7) is 6.37. The topological polar surface area (TPSA) is 88.7 Å². The number of aryl methyl sites for hydroxylation is 1. The summed E-state index contributed by atoms with van der Waals surface area (Å²) in [4.78, 5) is 15.2. The normalized spacial score (nSPS) is 16.9. The summed E-state index contributed by atoms with van der Waals surface area (Å²) in [6, 6.07) is 4.77. The summed E-state index contributed by atoms with van der Waals surface area (Å²) >= 11 is 0. The van der Waals surface area contributed by atoms with Crippen LogP contribution in [0.5, 0.6) is 0 Å². The predicted octanol–water partition coefficient (Wildman–Crippen LogP) is 3.32. The first kappa shape index (κ1) is 22.5. The van der Waals surface area contributed by atoms with Crippen LogP contribution in [0.1, 0.15) is 47.1 Å². The number of hydrogen-bond acceptors (Lipinski definition) is 5. The lowest BCUT2D eigenvalue weighted by Crippen LogP contribution is -2.37. The molecule has 1 saturated heterocycles. The Morgan fingerprint density at radius 1 is 1.30 bits per heavy atom. The fraction of sp³-hybridized carbons (Fsp3) is 0.476. The molecule has 0 saturated carbocycles. The van der Waals surface area contributed by atoms with Gasteiger partial charge in [-0.3, -0.25) is 0 Å². The third-order valence-corrected chi connectivity index (χ3v) is 7.12. The highest BCUT2D eigenvalue weighted by Crippen LogP contribution is 2.26. The molecule has 1 aromatic carbocycles. The first-order valence-corrected chi connectivity index (χ1v) is 11.4. The summed E-state index contributed by atoms with van der Waals surface area (Å²) < 4.78 is 52.1. The number of rotatable bonds is 8. The molecule has 30 heavy (non-hydrogen) atoms. The number of nitrogens with zero attached hydrogens (tertiary/aromatic N) is 1. The standard InChI is InChI=1S/C21H27FN2O5S/c1-4-28-21(25)20-14(2)19(15(3)23-20)13-24(12-17-6-5-11-29-17)30(26,27)18-9-7-16(22)8-10-18/h7-10,17,23H,4-6,11-13H2,1-3H3/t17-/m1/s1. The van der Waals surface area contributed by atoms with Gasteiger partial charge in [-0.1, -0.05) is 0 Å². The van der Waals surface area contributed by atoms with Gasteiger partial charge in [0.25, 0.3) is 0 Å². The fourth-order valence-electron chi connectivity index (χ4n) is 3.63. The molecule has 9 heteroatoms. The number of aromatic amines is 1. The average molecular weight is 439 g/mol. The van der Waals surface area contributed by atoms with E-state index in [0.717, 1.165) is 25.0 Å². The van der Waals surface area contributed by atoms with E-state index in [1.54, 1.807) is 20.8 Å². The zero-order valence-corrected chi connectivity index (χ0v) is 18.2. The maximum Gasteiger partial charge on any atom is 0.355 e. The van der Waals surface area contributed by atoms with Crippen LogP contribution in [0.2, 0.25) is 0 Å². The van der Waals surface area contributed by atoms with Gasteiger partial charge < -0.3 is 14.5 Å². The molecule has 1 atom stereocenters. The van der Waals surface area contributed by atoms with Crippen molar-refractivity contribution in [2.45, 2.75) is 51.2 Å². The van der Waals surface area contributed by atoms with Crippen LogP contribution in [0.3, 0.4) is 0 Å². The molecule has 7 nitrogen and oxygen atoms in total. The van der Waals surface area contributed by atoms with Crippen molar-refractivity contribution < 1.29 is 27.1 Å². The smallest absolute Gasteiger partial charge is 0.355 e. The number of aromatic nitrogens is 1. The molecule has 0 amide bonds. The third kappa shape index (κ3) is 4.74. The second-order valence-electron chi connectivity index (χ2n) is 7.34. The average Bonchev–Trinajstić information content (AvgIpc) is 3.31. The van der Waals surface area contributed by atoms with Crippen molar-refractivity contribution in [3.63, 3.8) is 0 Å². The maximum absolute atomic E-state index is 13.3. The van der Waals surface area contributed by atoms with E-state index in [1.165, 1.54) is 16.4 Å². The van der Waals surface area contributed by atoms with Crippen molar-refractivity contribution in [3.05, 3.63) is 52.6 Å². The Bertz CT molecular complexity index is 995. The van der Waals surface area contributed by atoms with Crippen molar-refractivity contribution >= 4 is 16.0 Å². The molecule has 1 fully saturated rings. The lowest BCUT2D eigenvalue weighted by Gasteiger charge is -2.25. The van der Waals surface area contributed by atoms with Gasteiger partial charge in [0.05, 0.1) is 17.6 Å². The fourth-order valence-corrected chi connectivity index (χ4v) is 5.07. The number of nitrogens with one attached hydrogen (secondary N) is 1. The van der Waals surface area contributed by atoms with E-state index >= 15 is 0 Å². The summed E-state index contributed by atoms with van der Waals surface area (Å²) in [5.41, 5.74) is 2.38.